The highest BCUT2D eigenvalue weighted by atomic mass is 35.5. The summed E-state index contributed by atoms with van der Waals surface area (Å²) in [7, 11) is 1.51. The third-order valence-electron chi connectivity index (χ3n) is 4.28. The summed E-state index contributed by atoms with van der Waals surface area (Å²) in [6, 6.07) is 11.9. The molecule has 0 radical (unpaired) electrons. The number of alkyl halides is 3. The summed E-state index contributed by atoms with van der Waals surface area (Å²) in [5.74, 6) is -2.38. The number of carbonyl (C=O) groups is 1. The molecule has 6 nitrogen and oxygen atoms in total. The van der Waals surface area contributed by atoms with Crippen molar-refractivity contribution in [2.24, 2.45) is 11.5 Å². The van der Waals surface area contributed by atoms with Crippen LogP contribution in [0.5, 0.6) is 0 Å². The summed E-state index contributed by atoms with van der Waals surface area (Å²) >= 11 is 6.20. The molecule has 3 rings (SSSR count). The molecule has 2 atom stereocenters. The summed E-state index contributed by atoms with van der Waals surface area (Å²) in [5.41, 5.74) is 13.9. The SMILES string of the molecule is CN1C(N)c2ccc(-c3ccccc3Cl)cc2N(OC(=O)C(F)(F)F)C1N. The number of hydrogen-bond donors (Lipinski definition) is 2. The van der Waals surface area contributed by atoms with E-state index < -0.39 is 24.6 Å². The minimum Gasteiger partial charge on any atom is -0.329 e. The highest BCUT2D eigenvalue weighted by Gasteiger charge is 2.45. The molecule has 0 saturated carbocycles. The van der Waals surface area contributed by atoms with Gasteiger partial charge in [0.15, 0.2) is 6.29 Å². The number of nitrogens with zero attached hydrogens (tertiary/aromatic N) is 2. The molecule has 1 heterocycles. The Morgan fingerprint density at radius 2 is 1.85 bits per heavy atom. The van der Waals surface area contributed by atoms with Gasteiger partial charge in [-0.3, -0.25) is 10.6 Å². The molecule has 10 heteroatoms. The van der Waals surface area contributed by atoms with Gasteiger partial charge in [-0.1, -0.05) is 41.9 Å². The second-order valence-corrected chi connectivity index (χ2v) is 6.39. The second-order valence-electron chi connectivity index (χ2n) is 5.98. The van der Waals surface area contributed by atoms with Crippen molar-refractivity contribution in [3.63, 3.8) is 0 Å². The predicted octanol–water partition coefficient (Wildman–Crippen LogP) is 2.98. The zero-order valence-electron chi connectivity index (χ0n) is 14.1. The van der Waals surface area contributed by atoms with Gasteiger partial charge in [0, 0.05) is 16.1 Å². The highest BCUT2D eigenvalue weighted by molar-refractivity contribution is 6.33. The molecule has 1 aliphatic rings. The van der Waals surface area contributed by atoms with E-state index in [0.29, 0.717) is 26.8 Å². The first-order valence-electron chi connectivity index (χ1n) is 7.81. The zero-order valence-corrected chi connectivity index (χ0v) is 14.8. The number of fused-ring (bicyclic) bond motifs is 1. The summed E-state index contributed by atoms with van der Waals surface area (Å²) in [6.45, 7) is 0. The van der Waals surface area contributed by atoms with Crippen LogP contribution in [0.2, 0.25) is 5.02 Å². The molecule has 2 unspecified atom stereocenters. The van der Waals surface area contributed by atoms with Crippen molar-refractivity contribution in [3.05, 3.63) is 53.1 Å². The van der Waals surface area contributed by atoms with Crippen LogP contribution in [0.3, 0.4) is 0 Å². The fraction of sp³-hybridized carbons (Fsp3) is 0.235. The first-order valence-corrected chi connectivity index (χ1v) is 8.19. The number of halogens is 4. The van der Waals surface area contributed by atoms with E-state index in [1.54, 1.807) is 36.4 Å². The lowest BCUT2D eigenvalue weighted by Crippen LogP contribution is -2.60. The normalized spacial score (nSPS) is 20.3. The first-order chi connectivity index (χ1) is 12.6. The lowest BCUT2D eigenvalue weighted by atomic mass is 9.99. The molecule has 0 aromatic heterocycles. The molecule has 0 aliphatic carbocycles. The minimum atomic E-state index is -5.17. The standard InChI is InChI=1S/C17H16ClF3N4O2/c1-24-14(22)11-7-6-9(10-4-2-3-5-12(10)18)8-13(11)25(16(24)23)27-15(26)17(19,20)21/h2-8,14,16H,22-23H2,1H3. The van der Waals surface area contributed by atoms with Gasteiger partial charge >= 0.3 is 12.1 Å². The van der Waals surface area contributed by atoms with Gasteiger partial charge in [0.2, 0.25) is 0 Å². The van der Waals surface area contributed by atoms with Gasteiger partial charge in [-0.25, -0.2) is 4.79 Å². The number of hydrogen-bond acceptors (Lipinski definition) is 6. The molecular weight excluding hydrogens is 385 g/mol. The molecule has 27 heavy (non-hydrogen) atoms. The Hall–Kier alpha value is -2.33. The van der Waals surface area contributed by atoms with Gasteiger partial charge in [0.1, 0.15) is 0 Å². The lowest BCUT2D eigenvalue weighted by molar-refractivity contribution is -0.204. The van der Waals surface area contributed by atoms with Crippen molar-refractivity contribution in [2.75, 3.05) is 12.1 Å². The van der Waals surface area contributed by atoms with E-state index in [2.05, 4.69) is 4.84 Å². The number of benzene rings is 2. The third kappa shape index (κ3) is 3.59. The molecule has 144 valence electrons. The van der Waals surface area contributed by atoms with Crippen molar-refractivity contribution in [3.8, 4) is 11.1 Å². The van der Waals surface area contributed by atoms with Crippen molar-refractivity contribution in [1.29, 1.82) is 0 Å². The van der Waals surface area contributed by atoms with E-state index in [1.807, 2.05) is 0 Å². The zero-order chi connectivity index (χ0) is 19.9. The van der Waals surface area contributed by atoms with Crippen molar-refractivity contribution >= 4 is 23.3 Å². The van der Waals surface area contributed by atoms with E-state index in [0.717, 1.165) is 0 Å². The summed E-state index contributed by atoms with van der Waals surface area (Å²) in [6.07, 6.45) is -7.07. The molecular formula is C17H16ClF3N4O2. The summed E-state index contributed by atoms with van der Waals surface area (Å²) < 4.78 is 38.0. The van der Waals surface area contributed by atoms with Gasteiger partial charge in [0.25, 0.3) is 0 Å². The number of hydroxylamine groups is 1. The van der Waals surface area contributed by atoms with Crippen LogP contribution in [0.1, 0.15) is 11.7 Å². The van der Waals surface area contributed by atoms with Gasteiger partial charge in [-0.2, -0.15) is 18.2 Å². The Bertz CT molecular complexity index is 877. The molecule has 0 amide bonds. The first kappa shape index (κ1) is 19.4. The van der Waals surface area contributed by atoms with Gasteiger partial charge in [-0.05, 0) is 24.7 Å². The quantitative estimate of drug-likeness (QED) is 0.806. The Balaban J connectivity index is 2.09. The van der Waals surface area contributed by atoms with Crippen LogP contribution in [0, 0.1) is 0 Å². The number of nitrogens with two attached hydrogens (primary N) is 2. The maximum atomic E-state index is 12.7. The van der Waals surface area contributed by atoms with Crippen LogP contribution < -0.4 is 16.5 Å². The van der Waals surface area contributed by atoms with Crippen LogP contribution >= 0.6 is 11.6 Å². The minimum absolute atomic E-state index is 0.156. The van der Waals surface area contributed by atoms with Crippen molar-refractivity contribution < 1.29 is 22.8 Å². The maximum Gasteiger partial charge on any atom is 0.493 e. The van der Waals surface area contributed by atoms with Crippen LogP contribution in [-0.2, 0) is 9.63 Å². The molecule has 1 aliphatic heterocycles. The fourth-order valence-electron chi connectivity index (χ4n) is 2.78. The Morgan fingerprint density at radius 1 is 1.19 bits per heavy atom. The Kier molecular flexibility index (Phi) is 5.04. The predicted molar refractivity (Wildman–Crippen MR) is 94.2 cm³/mol. The van der Waals surface area contributed by atoms with Gasteiger partial charge in [-0.15, -0.1) is 0 Å². The number of anilines is 1. The van der Waals surface area contributed by atoms with Crippen molar-refractivity contribution in [2.45, 2.75) is 18.6 Å². The third-order valence-corrected chi connectivity index (χ3v) is 4.61. The molecule has 0 spiro atoms. The van der Waals surface area contributed by atoms with Crippen LogP contribution in [-0.4, -0.2) is 30.4 Å². The van der Waals surface area contributed by atoms with Crippen LogP contribution in [0.25, 0.3) is 11.1 Å². The van der Waals surface area contributed by atoms with E-state index >= 15 is 0 Å². The Morgan fingerprint density at radius 3 is 2.48 bits per heavy atom. The fourth-order valence-corrected chi connectivity index (χ4v) is 3.03. The van der Waals surface area contributed by atoms with Crippen LogP contribution in [0.15, 0.2) is 42.5 Å². The molecule has 0 saturated heterocycles. The van der Waals surface area contributed by atoms with E-state index in [-0.39, 0.29) is 5.69 Å². The van der Waals surface area contributed by atoms with Gasteiger partial charge < -0.3 is 10.6 Å². The highest BCUT2D eigenvalue weighted by Crippen LogP contribution is 2.39. The Labute approximate surface area is 158 Å². The van der Waals surface area contributed by atoms with E-state index in [4.69, 9.17) is 23.1 Å². The smallest absolute Gasteiger partial charge is 0.329 e. The second kappa shape index (κ2) is 7.01. The molecule has 4 N–H and O–H groups in total. The van der Waals surface area contributed by atoms with Gasteiger partial charge in [0.05, 0.1) is 11.9 Å². The summed E-state index contributed by atoms with van der Waals surface area (Å²) in [4.78, 5) is 17.3. The van der Waals surface area contributed by atoms with E-state index in [9.17, 15) is 18.0 Å². The van der Waals surface area contributed by atoms with Crippen molar-refractivity contribution in [1.82, 2.24) is 4.90 Å². The largest absolute Gasteiger partial charge is 0.493 e. The molecule has 0 bridgehead atoms. The van der Waals surface area contributed by atoms with Crippen LogP contribution in [0.4, 0.5) is 18.9 Å². The average Bonchev–Trinajstić information content (AvgIpc) is 2.62. The topological polar surface area (TPSA) is 84.8 Å². The molecule has 2 aromatic carbocycles. The van der Waals surface area contributed by atoms with E-state index in [1.165, 1.54) is 18.0 Å². The summed E-state index contributed by atoms with van der Waals surface area (Å²) in [5, 5.41) is 1.16. The maximum absolute atomic E-state index is 12.7. The number of carbonyl (C=O) groups excluding carboxylic acids is 1. The molecule has 2 aromatic rings. The monoisotopic (exact) mass is 400 g/mol. The lowest BCUT2D eigenvalue weighted by Gasteiger charge is -2.43. The number of rotatable bonds is 2. The average molecular weight is 401 g/mol. The molecule has 0 fully saturated rings.